The summed E-state index contributed by atoms with van der Waals surface area (Å²) in [7, 11) is -2.09. The number of benzene rings is 2. The second-order valence-corrected chi connectivity index (χ2v) is 7.01. The first-order chi connectivity index (χ1) is 10.4. The van der Waals surface area contributed by atoms with Gasteiger partial charge in [-0.15, -0.1) is 0 Å². The van der Waals surface area contributed by atoms with Crippen molar-refractivity contribution < 1.29 is 13.2 Å². The average molecular weight is 340 g/mol. The predicted octanol–water partition coefficient (Wildman–Crippen LogP) is 4.02. The first-order valence-corrected chi connectivity index (χ1v) is 8.69. The molecule has 0 atom stereocenters. The van der Waals surface area contributed by atoms with Crippen molar-refractivity contribution >= 4 is 27.3 Å². The smallest absolute Gasteiger partial charge is 0.261 e. The van der Waals surface area contributed by atoms with Crippen LogP contribution in [0.15, 0.2) is 41.3 Å². The highest BCUT2D eigenvalue weighted by molar-refractivity contribution is 7.92. The molecular weight excluding hydrogens is 322 g/mol. The van der Waals surface area contributed by atoms with Crippen LogP contribution >= 0.6 is 11.6 Å². The van der Waals surface area contributed by atoms with E-state index in [-0.39, 0.29) is 4.90 Å². The lowest BCUT2D eigenvalue weighted by atomic mass is 10.1. The first kappa shape index (κ1) is 16.6. The van der Waals surface area contributed by atoms with E-state index in [9.17, 15) is 8.42 Å². The summed E-state index contributed by atoms with van der Waals surface area (Å²) in [5.74, 6) is 0.684. The topological polar surface area (TPSA) is 55.4 Å². The van der Waals surface area contributed by atoms with E-state index >= 15 is 0 Å². The molecule has 0 fully saturated rings. The molecule has 22 heavy (non-hydrogen) atoms. The second kappa shape index (κ2) is 6.58. The maximum Gasteiger partial charge on any atom is 0.261 e. The molecule has 1 N–H and O–H groups in total. The average Bonchev–Trinajstić information content (AvgIpc) is 2.49. The summed E-state index contributed by atoms with van der Waals surface area (Å²) in [6, 6.07) is 9.85. The maximum atomic E-state index is 12.5. The number of rotatable bonds is 5. The number of sulfonamides is 1. The van der Waals surface area contributed by atoms with Crippen molar-refractivity contribution in [3.8, 4) is 5.75 Å². The minimum Gasteiger partial charge on any atom is -0.496 e. The highest BCUT2D eigenvalue weighted by Gasteiger charge is 2.17. The van der Waals surface area contributed by atoms with Gasteiger partial charge in [0.2, 0.25) is 0 Å². The molecule has 0 saturated heterocycles. The Morgan fingerprint density at radius 1 is 1.18 bits per heavy atom. The van der Waals surface area contributed by atoms with Crippen molar-refractivity contribution in [1.29, 1.82) is 0 Å². The number of hydrogen-bond donors (Lipinski definition) is 1. The SMILES string of the molecule is CCc1cc(S(=O)(=O)Nc2ccc(Cl)cc2C)ccc1OC. The van der Waals surface area contributed by atoms with Crippen molar-refractivity contribution in [2.45, 2.75) is 25.2 Å². The molecule has 0 spiro atoms. The number of methoxy groups -OCH3 is 1. The van der Waals surface area contributed by atoms with Gasteiger partial charge in [-0.2, -0.15) is 0 Å². The zero-order chi connectivity index (χ0) is 16.3. The molecule has 2 aromatic carbocycles. The summed E-state index contributed by atoms with van der Waals surface area (Å²) < 4.78 is 32.9. The van der Waals surface area contributed by atoms with Crippen LogP contribution in [0.1, 0.15) is 18.1 Å². The van der Waals surface area contributed by atoms with E-state index in [2.05, 4.69) is 4.72 Å². The van der Waals surface area contributed by atoms with Crippen LogP contribution in [0.4, 0.5) is 5.69 Å². The molecule has 118 valence electrons. The summed E-state index contributed by atoms with van der Waals surface area (Å²) in [5.41, 5.74) is 2.12. The molecule has 0 bridgehead atoms. The molecule has 0 aromatic heterocycles. The summed E-state index contributed by atoms with van der Waals surface area (Å²) >= 11 is 5.89. The molecule has 0 aliphatic heterocycles. The molecule has 0 aliphatic carbocycles. The van der Waals surface area contributed by atoms with Gasteiger partial charge < -0.3 is 4.74 Å². The summed E-state index contributed by atoms with van der Waals surface area (Å²) in [6.45, 7) is 3.75. The van der Waals surface area contributed by atoms with Crippen LogP contribution in [0.5, 0.6) is 5.75 Å². The number of nitrogens with one attached hydrogen (secondary N) is 1. The molecular formula is C16H18ClNO3S. The Morgan fingerprint density at radius 3 is 2.50 bits per heavy atom. The fourth-order valence-corrected chi connectivity index (χ4v) is 3.55. The molecule has 0 heterocycles. The highest BCUT2D eigenvalue weighted by Crippen LogP contribution is 2.26. The van der Waals surface area contributed by atoms with Gasteiger partial charge in [0.15, 0.2) is 0 Å². The second-order valence-electron chi connectivity index (χ2n) is 4.89. The van der Waals surface area contributed by atoms with Crippen LogP contribution in [0.25, 0.3) is 0 Å². The van der Waals surface area contributed by atoms with E-state index in [0.717, 1.165) is 11.1 Å². The fourth-order valence-electron chi connectivity index (χ4n) is 2.14. The van der Waals surface area contributed by atoms with Gasteiger partial charge in [-0.3, -0.25) is 4.72 Å². The van der Waals surface area contributed by atoms with Crippen LogP contribution in [0.3, 0.4) is 0 Å². The molecule has 0 radical (unpaired) electrons. The van der Waals surface area contributed by atoms with E-state index in [1.807, 2.05) is 6.92 Å². The van der Waals surface area contributed by atoms with Gasteiger partial charge >= 0.3 is 0 Å². The molecule has 0 amide bonds. The number of aryl methyl sites for hydroxylation is 2. The van der Waals surface area contributed by atoms with E-state index in [1.165, 1.54) is 6.07 Å². The number of halogens is 1. The van der Waals surface area contributed by atoms with Gasteiger partial charge in [-0.05, 0) is 60.9 Å². The van der Waals surface area contributed by atoms with E-state index in [0.29, 0.717) is 22.9 Å². The largest absolute Gasteiger partial charge is 0.496 e. The Labute approximate surface area is 136 Å². The van der Waals surface area contributed by atoms with Crippen molar-refractivity contribution in [2.24, 2.45) is 0 Å². The van der Waals surface area contributed by atoms with Gasteiger partial charge in [-0.1, -0.05) is 18.5 Å². The molecule has 2 aromatic rings. The van der Waals surface area contributed by atoms with Crippen molar-refractivity contribution in [2.75, 3.05) is 11.8 Å². The minimum absolute atomic E-state index is 0.208. The molecule has 4 nitrogen and oxygen atoms in total. The molecule has 0 saturated carbocycles. The van der Waals surface area contributed by atoms with Gasteiger partial charge in [-0.25, -0.2) is 8.42 Å². The van der Waals surface area contributed by atoms with Crippen LogP contribution in [-0.4, -0.2) is 15.5 Å². The van der Waals surface area contributed by atoms with Gasteiger partial charge in [0.1, 0.15) is 5.75 Å². The molecule has 0 unspecified atom stereocenters. The number of anilines is 1. The quantitative estimate of drug-likeness (QED) is 0.895. The Bertz CT molecular complexity index is 788. The lowest BCUT2D eigenvalue weighted by Crippen LogP contribution is -2.14. The Hall–Kier alpha value is -1.72. The fraction of sp³-hybridized carbons (Fsp3) is 0.250. The predicted molar refractivity (Wildman–Crippen MR) is 89.4 cm³/mol. The van der Waals surface area contributed by atoms with Crippen LogP contribution in [0, 0.1) is 6.92 Å². The number of hydrogen-bond acceptors (Lipinski definition) is 3. The lowest BCUT2D eigenvalue weighted by Gasteiger charge is -2.13. The summed E-state index contributed by atoms with van der Waals surface area (Å²) in [4.78, 5) is 0.208. The third-order valence-corrected chi connectivity index (χ3v) is 4.97. The molecule has 2 rings (SSSR count). The Balaban J connectivity index is 2.38. The van der Waals surface area contributed by atoms with E-state index < -0.39 is 10.0 Å². The lowest BCUT2D eigenvalue weighted by molar-refractivity contribution is 0.409. The van der Waals surface area contributed by atoms with E-state index in [4.69, 9.17) is 16.3 Å². The number of ether oxygens (including phenoxy) is 1. The Kier molecular flexibility index (Phi) is 4.98. The zero-order valence-corrected chi connectivity index (χ0v) is 14.3. The minimum atomic E-state index is -3.65. The third kappa shape index (κ3) is 3.54. The maximum absolute atomic E-state index is 12.5. The highest BCUT2D eigenvalue weighted by atomic mass is 35.5. The third-order valence-electron chi connectivity index (χ3n) is 3.38. The first-order valence-electron chi connectivity index (χ1n) is 6.83. The van der Waals surface area contributed by atoms with Gasteiger partial charge in [0.25, 0.3) is 10.0 Å². The monoisotopic (exact) mass is 339 g/mol. The normalized spacial score (nSPS) is 11.3. The summed E-state index contributed by atoms with van der Waals surface area (Å²) in [5, 5.41) is 0.568. The van der Waals surface area contributed by atoms with Crippen molar-refractivity contribution in [3.05, 3.63) is 52.5 Å². The van der Waals surface area contributed by atoms with Crippen LogP contribution in [0.2, 0.25) is 5.02 Å². The van der Waals surface area contributed by atoms with E-state index in [1.54, 1.807) is 44.4 Å². The standard InChI is InChI=1S/C16H18ClNO3S/c1-4-12-10-14(6-8-16(12)21-3)22(19,20)18-15-7-5-13(17)9-11(15)2/h5-10,18H,4H2,1-3H3. The van der Waals surface area contributed by atoms with Gasteiger partial charge in [0.05, 0.1) is 17.7 Å². The van der Waals surface area contributed by atoms with Crippen LogP contribution in [-0.2, 0) is 16.4 Å². The molecule has 0 aliphatic rings. The summed E-state index contributed by atoms with van der Waals surface area (Å²) in [6.07, 6.45) is 0.687. The zero-order valence-electron chi connectivity index (χ0n) is 12.7. The van der Waals surface area contributed by atoms with Crippen molar-refractivity contribution in [1.82, 2.24) is 0 Å². The van der Waals surface area contributed by atoms with Crippen molar-refractivity contribution in [3.63, 3.8) is 0 Å². The molecule has 6 heteroatoms. The Morgan fingerprint density at radius 2 is 1.91 bits per heavy atom. The van der Waals surface area contributed by atoms with Crippen LogP contribution < -0.4 is 9.46 Å². The van der Waals surface area contributed by atoms with Gasteiger partial charge in [0, 0.05) is 5.02 Å².